The Morgan fingerprint density at radius 1 is 1.15 bits per heavy atom. The van der Waals surface area contributed by atoms with Crippen molar-refractivity contribution < 1.29 is 9.47 Å². The zero-order chi connectivity index (χ0) is 9.26. The quantitative estimate of drug-likeness (QED) is 0.627. The van der Waals surface area contributed by atoms with E-state index < -0.39 is 0 Å². The second-order valence-electron chi connectivity index (χ2n) is 4.83. The number of hydrogen-bond acceptors (Lipinski definition) is 2. The molecule has 1 saturated heterocycles. The highest BCUT2D eigenvalue weighted by molar-refractivity contribution is 4.76. The zero-order valence-corrected chi connectivity index (χ0v) is 8.66. The predicted molar refractivity (Wildman–Crippen MR) is 51.7 cm³/mol. The van der Waals surface area contributed by atoms with Gasteiger partial charge in [-0.2, -0.15) is 0 Å². The Labute approximate surface area is 80.6 Å². The molecule has 1 heterocycles. The van der Waals surface area contributed by atoms with Crippen LogP contribution in [-0.2, 0) is 9.47 Å². The van der Waals surface area contributed by atoms with Crippen LogP contribution in [0.4, 0.5) is 0 Å². The molecule has 0 spiro atoms. The molecule has 0 bridgehead atoms. The third-order valence-electron chi connectivity index (χ3n) is 3.06. The van der Waals surface area contributed by atoms with Gasteiger partial charge in [-0.25, -0.2) is 0 Å². The third-order valence-corrected chi connectivity index (χ3v) is 3.06. The number of ether oxygens (including phenoxy) is 2. The van der Waals surface area contributed by atoms with Crippen LogP contribution < -0.4 is 0 Å². The molecule has 2 heteroatoms. The topological polar surface area (TPSA) is 21.8 Å². The van der Waals surface area contributed by atoms with E-state index in [2.05, 4.69) is 13.8 Å². The summed E-state index contributed by atoms with van der Waals surface area (Å²) in [4.78, 5) is 0. The van der Waals surface area contributed by atoms with Crippen LogP contribution in [0.5, 0.6) is 0 Å². The molecule has 0 aromatic rings. The van der Waals surface area contributed by atoms with E-state index >= 15 is 0 Å². The molecular weight excluding hydrogens is 164 g/mol. The number of hydrogen-bond donors (Lipinski definition) is 0. The van der Waals surface area contributed by atoms with E-state index in [-0.39, 0.29) is 0 Å². The van der Waals surface area contributed by atoms with Crippen molar-refractivity contribution >= 4 is 0 Å². The van der Waals surface area contributed by atoms with Crippen LogP contribution >= 0.6 is 0 Å². The van der Waals surface area contributed by atoms with E-state index in [1.165, 1.54) is 19.3 Å². The van der Waals surface area contributed by atoms with Crippen molar-refractivity contribution in [3.05, 3.63) is 0 Å². The van der Waals surface area contributed by atoms with E-state index in [0.29, 0.717) is 12.2 Å². The van der Waals surface area contributed by atoms with Gasteiger partial charge in [-0.15, -0.1) is 0 Å². The Hall–Kier alpha value is -0.0800. The fourth-order valence-corrected chi connectivity index (χ4v) is 2.42. The van der Waals surface area contributed by atoms with Crippen molar-refractivity contribution in [3.63, 3.8) is 0 Å². The summed E-state index contributed by atoms with van der Waals surface area (Å²) >= 11 is 0. The first-order chi connectivity index (χ1) is 6.24. The van der Waals surface area contributed by atoms with Crippen LogP contribution in [0.3, 0.4) is 0 Å². The smallest absolute Gasteiger partial charge is 0.104 e. The normalized spacial score (nSPS) is 44.8. The van der Waals surface area contributed by atoms with Crippen LogP contribution in [0.25, 0.3) is 0 Å². The van der Waals surface area contributed by atoms with Crippen LogP contribution in [0.15, 0.2) is 0 Å². The van der Waals surface area contributed by atoms with Crippen molar-refractivity contribution in [1.82, 2.24) is 0 Å². The summed E-state index contributed by atoms with van der Waals surface area (Å²) < 4.78 is 11.0. The first kappa shape index (κ1) is 9.47. The lowest BCUT2D eigenvalue weighted by Gasteiger charge is -2.31. The van der Waals surface area contributed by atoms with E-state index in [0.717, 1.165) is 25.0 Å². The highest BCUT2D eigenvalue weighted by Crippen LogP contribution is 2.30. The fraction of sp³-hybridized carbons (Fsp3) is 1.00. The van der Waals surface area contributed by atoms with Crippen molar-refractivity contribution in [1.29, 1.82) is 0 Å². The summed E-state index contributed by atoms with van der Waals surface area (Å²) in [5.41, 5.74) is 0. The lowest BCUT2D eigenvalue weighted by molar-refractivity contribution is -0.00550. The van der Waals surface area contributed by atoms with E-state index in [1.807, 2.05) is 0 Å². The predicted octanol–water partition coefficient (Wildman–Crippen LogP) is 2.23. The zero-order valence-electron chi connectivity index (χ0n) is 8.66. The van der Waals surface area contributed by atoms with Gasteiger partial charge in [0, 0.05) is 0 Å². The molecule has 2 nitrogen and oxygen atoms in total. The lowest BCUT2D eigenvalue weighted by Crippen LogP contribution is -2.27. The van der Waals surface area contributed by atoms with Crippen molar-refractivity contribution in [3.8, 4) is 0 Å². The van der Waals surface area contributed by atoms with Gasteiger partial charge in [-0.3, -0.25) is 0 Å². The third kappa shape index (κ3) is 2.96. The Balaban J connectivity index is 1.70. The highest BCUT2D eigenvalue weighted by atomic mass is 16.6. The molecule has 1 saturated carbocycles. The van der Waals surface area contributed by atoms with Gasteiger partial charge in [0.25, 0.3) is 0 Å². The summed E-state index contributed by atoms with van der Waals surface area (Å²) in [6.45, 7) is 6.40. The van der Waals surface area contributed by atoms with Crippen molar-refractivity contribution in [2.75, 3.05) is 13.2 Å². The molecule has 13 heavy (non-hydrogen) atoms. The van der Waals surface area contributed by atoms with Gasteiger partial charge in [0.1, 0.15) is 6.10 Å². The van der Waals surface area contributed by atoms with Gasteiger partial charge in [-0.05, 0) is 31.1 Å². The fourth-order valence-electron chi connectivity index (χ4n) is 2.42. The summed E-state index contributed by atoms with van der Waals surface area (Å²) in [7, 11) is 0. The lowest BCUT2D eigenvalue weighted by atomic mass is 9.82. The molecule has 2 unspecified atom stereocenters. The van der Waals surface area contributed by atoms with E-state index in [4.69, 9.17) is 9.47 Å². The maximum absolute atomic E-state index is 5.82. The summed E-state index contributed by atoms with van der Waals surface area (Å²) in [5.74, 6) is 1.68. The first-order valence-corrected chi connectivity index (χ1v) is 5.47. The molecule has 0 aromatic heterocycles. The molecule has 0 N–H and O–H groups in total. The summed E-state index contributed by atoms with van der Waals surface area (Å²) in [6, 6.07) is 0. The van der Waals surface area contributed by atoms with Gasteiger partial charge in [-0.1, -0.05) is 13.8 Å². The Morgan fingerprint density at radius 2 is 1.77 bits per heavy atom. The van der Waals surface area contributed by atoms with Crippen LogP contribution in [0.1, 0.15) is 33.1 Å². The largest absolute Gasteiger partial charge is 0.375 e. The van der Waals surface area contributed by atoms with Gasteiger partial charge in [0.2, 0.25) is 0 Å². The summed E-state index contributed by atoms with van der Waals surface area (Å²) in [5, 5.41) is 0. The molecule has 0 amide bonds. The summed E-state index contributed by atoms with van der Waals surface area (Å²) in [6.07, 6.45) is 4.80. The average Bonchev–Trinajstić information content (AvgIpc) is 2.81. The molecular formula is C11H20O2. The standard InChI is InChI=1S/C11H20O2/c1-8-3-9(2)5-10(4-8)12-6-11-7-13-11/h8-11H,3-7H2,1-2H3/t8?,9?,10?,11-/m1/s1. The van der Waals surface area contributed by atoms with Crippen LogP contribution in [-0.4, -0.2) is 25.4 Å². The molecule has 76 valence electrons. The van der Waals surface area contributed by atoms with E-state index in [1.54, 1.807) is 0 Å². The Morgan fingerprint density at radius 3 is 2.31 bits per heavy atom. The van der Waals surface area contributed by atoms with Crippen molar-refractivity contribution in [2.45, 2.75) is 45.3 Å². The molecule has 1 aliphatic heterocycles. The SMILES string of the molecule is CC1CC(C)CC(OC[C@@H]2CO2)C1. The number of epoxide rings is 1. The maximum Gasteiger partial charge on any atom is 0.104 e. The van der Waals surface area contributed by atoms with E-state index in [9.17, 15) is 0 Å². The average molecular weight is 184 g/mol. The Kier molecular flexibility index (Phi) is 2.89. The minimum absolute atomic E-state index is 0.424. The first-order valence-electron chi connectivity index (χ1n) is 5.47. The molecule has 1 aliphatic carbocycles. The minimum Gasteiger partial charge on any atom is -0.375 e. The minimum atomic E-state index is 0.424. The van der Waals surface area contributed by atoms with Crippen LogP contribution in [0, 0.1) is 11.8 Å². The van der Waals surface area contributed by atoms with Crippen molar-refractivity contribution in [2.24, 2.45) is 11.8 Å². The molecule has 3 atom stereocenters. The van der Waals surface area contributed by atoms with Gasteiger partial charge < -0.3 is 9.47 Å². The van der Waals surface area contributed by atoms with Gasteiger partial charge >= 0.3 is 0 Å². The van der Waals surface area contributed by atoms with Gasteiger partial charge in [0.15, 0.2) is 0 Å². The van der Waals surface area contributed by atoms with Crippen LogP contribution in [0.2, 0.25) is 0 Å². The molecule has 2 fully saturated rings. The van der Waals surface area contributed by atoms with Gasteiger partial charge in [0.05, 0.1) is 19.3 Å². The number of rotatable bonds is 3. The molecule has 0 radical (unpaired) electrons. The second kappa shape index (κ2) is 3.97. The molecule has 2 aliphatic rings. The second-order valence-corrected chi connectivity index (χ2v) is 4.83. The monoisotopic (exact) mass is 184 g/mol. The highest BCUT2D eigenvalue weighted by Gasteiger charge is 2.28. The molecule has 2 rings (SSSR count). The molecule has 0 aromatic carbocycles. The Bertz CT molecular complexity index is 155. The maximum atomic E-state index is 5.82.